The lowest BCUT2D eigenvalue weighted by molar-refractivity contribution is 0.102. The van der Waals surface area contributed by atoms with Crippen molar-refractivity contribution in [2.45, 2.75) is 6.42 Å². The third-order valence-electron chi connectivity index (χ3n) is 5.92. The molecule has 1 fully saturated rings. The summed E-state index contributed by atoms with van der Waals surface area (Å²) in [7, 11) is 5.26. The molecule has 8 nitrogen and oxygen atoms in total. The molecule has 0 aliphatic carbocycles. The van der Waals surface area contributed by atoms with Crippen molar-refractivity contribution in [3.05, 3.63) is 54.2 Å². The van der Waals surface area contributed by atoms with Crippen LogP contribution in [0.2, 0.25) is 0 Å². The summed E-state index contributed by atoms with van der Waals surface area (Å²) < 4.78 is 12.7. The maximum atomic E-state index is 12.4. The fourth-order valence-electron chi connectivity index (χ4n) is 4.17. The SMILES string of the molecule is COc1cc(NC(=O)NN2CCN(CCc3cn(C)c4ccccc34)CC2)cc(OC)c1. The number of nitrogens with zero attached hydrogens (tertiary/aromatic N) is 3. The Morgan fingerprint density at radius 1 is 1.00 bits per heavy atom. The van der Waals surface area contributed by atoms with Gasteiger partial charge in [0.25, 0.3) is 0 Å². The van der Waals surface area contributed by atoms with Crippen LogP contribution in [0, 0.1) is 0 Å². The van der Waals surface area contributed by atoms with Crippen LogP contribution in [0.15, 0.2) is 48.7 Å². The molecule has 8 heteroatoms. The summed E-state index contributed by atoms with van der Waals surface area (Å²) in [5.41, 5.74) is 6.21. The van der Waals surface area contributed by atoms with Crippen molar-refractivity contribution < 1.29 is 14.3 Å². The number of fused-ring (bicyclic) bond motifs is 1. The Balaban J connectivity index is 1.24. The smallest absolute Gasteiger partial charge is 0.333 e. The van der Waals surface area contributed by atoms with E-state index in [4.69, 9.17) is 9.47 Å². The Kier molecular flexibility index (Phi) is 6.82. The van der Waals surface area contributed by atoms with Gasteiger partial charge in [0.2, 0.25) is 0 Å². The molecule has 2 heterocycles. The van der Waals surface area contributed by atoms with Gasteiger partial charge in [0.05, 0.1) is 14.2 Å². The molecule has 1 aliphatic heterocycles. The lowest BCUT2D eigenvalue weighted by atomic mass is 10.1. The quantitative estimate of drug-likeness (QED) is 0.594. The Morgan fingerprint density at radius 3 is 2.38 bits per heavy atom. The van der Waals surface area contributed by atoms with Crippen molar-refractivity contribution in [2.24, 2.45) is 7.05 Å². The van der Waals surface area contributed by atoms with Crippen molar-refractivity contribution >= 4 is 22.6 Å². The monoisotopic (exact) mass is 437 g/mol. The minimum absolute atomic E-state index is 0.274. The standard InChI is InChI=1S/C24H31N5O3/c1-27-17-18(22-6-4-5-7-23(22)27)8-9-28-10-12-29(13-11-28)26-24(30)25-19-14-20(31-2)16-21(15-19)32-3/h4-7,14-17H,8-13H2,1-3H3,(H2,25,26,30). The van der Waals surface area contributed by atoms with Crippen molar-refractivity contribution in [1.82, 2.24) is 19.9 Å². The number of piperazine rings is 1. The highest BCUT2D eigenvalue weighted by atomic mass is 16.5. The van der Waals surface area contributed by atoms with Crippen LogP contribution in [-0.4, -0.2) is 67.5 Å². The first-order valence-corrected chi connectivity index (χ1v) is 10.9. The number of amides is 2. The number of ether oxygens (including phenoxy) is 2. The molecular weight excluding hydrogens is 406 g/mol. The van der Waals surface area contributed by atoms with Crippen molar-refractivity contribution in [1.29, 1.82) is 0 Å². The third kappa shape index (κ3) is 5.15. The van der Waals surface area contributed by atoms with E-state index < -0.39 is 0 Å². The third-order valence-corrected chi connectivity index (χ3v) is 5.92. The van der Waals surface area contributed by atoms with Crippen LogP contribution in [0.1, 0.15) is 5.56 Å². The number of carbonyl (C=O) groups excluding carboxylic acids is 1. The van der Waals surface area contributed by atoms with Crippen LogP contribution in [-0.2, 0) is 13.5 Å². The fourth-order valence-corrected chi connectivity index (χ4v) is 4.17. The molecule has 2 N–H and O–H groups in total. The molecule has 0 saturated carbocycles. The first kappa shape index (κ1) is 22.0. The molecule has 0 unspecified atom stereocenters. The number of benzene rings is 2. The van der Waals surface area contributed by atoms with Crippen molar-refractivity contribution in [3.8, 4) is 11.5 Å². The first-order chi connectivity index (χ1) is 15.6. The zero-order valence-corrected chi connectivity index (χ0v) is 18.9. The van der Waals surface area contributed by atoms with E-state index in [2.05, 4.69) is 57.7 Å². The number of carbonyl (C=O) groups is 1. The van der Waals surface area contributed by atoms with Crippen LogP contribution >= 0.6 is 0 Å². The maximum absolute atomic E-state index is 12.4. The number of hydrogen-bond acceptors (Lipinski definition) is 5. The molecule has 0 spiro atoms. The van der Waals surface area contributed by atoms with Gasteiger partial charge in [-0.15, -0.1) is 0 Å². The molecule has 0 radical (unpaired) electrons. The number of anilines is 1. The normalized spacial score (nSPS) is 15.0. The molecule has 0 bridgehead atoms. The minimum atomic E-state index is -0.274. The molecular formula is C24H31N5O3. The van der Waals surface area contributed by atoms with Crippen LogP contribution in [0.3, 0.4) is 0 Å². The van der Waals surface area contributed by atoms with Gasteiger partial charge in [-0.3, -0.25) is 5.43 Å². The predicted octanol–water partition coefficient (Wildman–Crippen LogP) is 3.09. The van der Waals surface area contributed by atoms with Gasteiger partial charge in [0, 0.05) is 80.8 Å². The summed E-state index contributed by atoms with van der Waals surface area (Å²) in [4.78, 5) is 14.9. The Bertz CT molecular complexity index is 1050. The Hall–Kier alpha value is -3.23. The number of methoxy groups -OCH3 is 2. The summed E-state index contributed by atoms with van der Waals surface area (Å²) in [6, 6.07) is 13.5. The van der Waals surface area contributed by atoms with E-state index in [1.165, 1.54) is 16.5 Å². The van der Waals surface area contributed by atoms with E-state index >= 15 is 0 Å². The number of nitrogens with one attached hydrogen (secondary N) is 2. The van der Waals surface area contributed by atoms with Gasteiger partial charge in [-0.05, 0) is 18.1 Å². The lowest BCUT2D eigenvalue weighted by Gasteiger charge is -2.34. The number of rotatable bonds is 7. The van der Waals surface area contributed by atoms with Gasteiger partial charge in [-0.2, -0.15) is 0 Å². The second kappa shape index (κ2) is 9.93. The van der Waals surface area contributed by atoms with Crippen LogP contribution < -0.4 is 20.2 Å². The zero-order valence-electron chi connectivity index (χ0n) is 18.9. The molecule has 2 aromatic carbocycles. The molecule has 1 aromatic heterocycles. The minimum Gasteiger partial charge on any atom is -0.497 e. The van der Waals surface area contributed by atoms with Crippen LogP contribution in [0.4, 0.5) is 10.5 Å². The summed E-state index contributed by atoms with van der Waals surface area (Å²) >= 11 is 0. The van der Waals surface area contributed by atoms with Crippen molar-refractivity contribution in [3.63, 3.8) is 0 Å². The van der Waals surface area contributed by atoms with Gasteiger partial charge in [0.15, 0.2) is 0 Å². The molecule has 1 saturated heterocycles. The summed E-state index contributed by atoms with van der Waals surface area (Å²) in [6.45, 7) is 4.41. The highest BCUT2D eigenvalue weighted by Crippen LogP contribution is 2.25. The van der Waals surface area contributed by atoms with Gasteiger partial charge < -0.3 is 24.3 Å². The first-order valence-electron chi connectivity index (χ1n) is 10.9. The number of hydrazine groups is 1. The van der Waals surface area contributed by atoms with E-state index in [0.717, 1.165) is 39.1 Å². The maximum Gasteiger partial charge on any atom is 0.333 e. The summed E-state index contributed by atoms with van der Waals surface area (Å²) in [5.74, 6) is 1.25. The molecule has 0 atom stereocenters. The average Bonchev–Trinajstić information content (AvgIpc) is 3.14. The topological polar surface area (TPSA) is 71.0 Å². The molecule has 2 amide bonds. The number of aryl methyl sites for hydroxylation is 1. The van der Waals surface area contributed by atoms with Gasteiger partial charge in [-0.1, -0.05) is 18.2 Å². The van der Waals surface area contributed by atoms with E-state index in [0.29, 0.717) is 17.2 Å². The second-order valence-corrected chi connectivity index (χ2v) is 8.03. The fraction of sp³-hybridized carbons (Fsp3) is 0.375. The second-order valence-electron chi connectivity index (χ2n) is 8.03. The van der Waals surface area contributed by atoms with Crippen LogP contribution in [0.5, 0.6) is 11.5 Å². The van der Waals surface area contributed by atoms with E-state index in [-0.39, 0.29) is 6.03 Å². The van der Waals surface area contributed by atoms with Gasteiger partial charge in [0.1, 0.15) is 11.5 Å². The number of para-hydroxylation sites is 1. The Labute approximate surface area is 188 Å². The molecule has 170 valence electrons. The predicted molar refractivity (Wildman–Crippen MR) is 126 cm³/mol. The number of hydrogen-bond donors (Lipinski definition) is 2. The molecule has 32 heavy (non-hydrogen) atoms. The van der Waals surface area contributed by atoms with E-state index in [1.54, 1.807) is 32.4 Å². The number of urea groups is 1. The number of aromatic nitrogens is 1. The van der Waals surface area contributed by atoms with Crippen molar-refractivity contribution in [2.75, 3.05) is 52.3 Å². The average molecular weight is 438 g/mol. The molecule has 1 aliphatic rings. The highest BCUT2D eigenvalue weighted by Gasteiger charge is 2.19. The van der Waals surface area contributed by atoms with E-state index in [9.17, 15) is 4.79 Å². The largest absolute Gasteiger partial charge is 0.497 e. The van der Waals surface area contributed by atoms with Crippen LogP contribution in [0.25, 0.3) is 10.9 Å². The molecule has 3 aromatic rings. The Morgan fingerprint density at radius 2 is 1.69 bits per heavy atom. The lowest BCUT2D eigenvalue weighted by Crippen LogP contribution is -2.54. The highest BCUT2D eigenvalue weighted by molar-refractivity contribution is 5.89. The van der Waals surface area contributed by atoms with Gasteiger partial charge >= 0.3 is 6.03 Å². The zero-order chi connectivity index (χ0) is 22.5. The molecule has 4 rings (SSSR count). The summed E-state index contributed by atoms with van der Waals surface area (Å²) in [5, 5.41) is 6.14. The summed E-state index contributed by atoms with van der Waals surface area (Å²) in [6.07, 6.45) is 3.26. The van der Waals surface area contributed by atoms with E-state index in [1.807, 2.05) is 5.01 Å². The van der Waals surface area contributed by atoms with Gasteiger partial charge in [-0.25, -0.2) is 9.80 Å².